The SMILES string of the molecule is Cn1ccc(C(=O)N2CC3(C=C(C#N)C(=O)C(C)(C)C3)C2)c1. The highest BCUT2D eigenvalue weighted by molar-refractivity contribution is 6.04. The van der Waals surface area contributed by atoms with Gasteiger partial charge in [-0.05, 0) is 12.5 Å². The molecule has 3 rings (SSSR count). The molecule has 1 aromatic heterocycles. The van der Waals surface area contributed by atoms with Crippen molar-refractivity contribution in [2.24, 2.45) is 17.9 Å². The Kier molecular flexibility index (Phi) is 3.03. The number of likely N-dealkylation sites (tertiary alicyclic amines) is 1. The molecule has 1 saturated heterocycles. The van der Waals surface area contributed by atoms with Gasteiger partial charge in [0.1, 0.15) is 6.07 Å². The Hall–Kier alpha value is -2.35. The molecule has 0 saturated carbocycles. The fourth-order valence-corrected chi connectivity index (χ4v) is 3.70. The van der Waals surface area contributed by atoms with E-state index in [1.54, 1.807) is 23.2 Å². The van der Waals surface area contributed by atoms with Gasteiger partial charge in [-0.25, -0.2) is 0 Å². The normalized spacial score (nSPS) is 22.0. The van der Waals surface area contributed by atoms with E-state index in [0.29, 0.717) is 25.1 Å². The van der Waals surface area contributed by atoms with Crippen LogP contribution in [0.2, 0.25) is 0 Å². The van der Waals surface area contributed by atoms with Crippen LogP contribution in [0.4, 0.5) is 0 Å². The predicted molar refractivity (Wildman–Crippen MR) is 80.9 cm³/mol. The Balaban J connectivity index is 1.79. The molecule has 5 nitrogen and oxygen atoms in total. The van der Waals surface area contributed by atoms with E-state index in [1.807, 2.05) is 37.7 Å². The summed E-state index contributed by atoms with van der Waals surface area (Å²) in [6.45, 7) is 4.90. The van der Waals surface area contributed by atoms with E-state index in [-0.39, 0.29) is 22.7 Å². The molecule has 1 spiro atoms. The standard InChI is InChI=1S/C17H19N3O2/c1-16(2)9-17(6-13(7-18)14(16)21)10-20(11-17)15(22)12-4-5-19(3)8-12/h4-6,8H,9-11H2,1-3H3. The zero-order chi connectivity index (χ0) is 16.1. The fraction of sp³-hybridized carbons (Fsp3) is 0.471. The van der Waals surface area contributed by atoms with Crippen molar-refractivity contribution in [2.45, 2.75) is 20.3 Å². The predicted octanol–water partition coefficient (Wildman–Crippen LogP) is 1.92. The lowest BCUT2D eigenvalue weighted by Gasteiger charge is -2.53. The van der Waals surface area contributed by atoms with Crippen LogP contribution in [0.15, 0.2) is 30.1 Å². The number of aryl methyl sites for hydroxylation is 1. The minimum Gasteiger partial charge on any atom is -0.356 e. The highest BCUT2D eigenvalue weighted by atomic mass is 16.2. The third-order valence-electron chi connectivity index (χ3n) is 4.60. The number of allylic oxidation sites excluding steroid dienone is 1. The van der Waals surface area contributed by atoms with Gasteiger partial charge in [0, 0.05) is 43.4 Å². The molecular weight excluding hydrogens is 278 g/mol. The average molecular weight is 297 g/mol. The van der Waals surface area contributed by atoms with Gasteiger partial charge in [-0.2, -0.15) is 5.26 Å². The monoisotopic (exact) mass is 297 g/mol. The van der Waals surface area contributed by atoms with E-state index in [9.17, 15) is 14.9 Å². The Morgan fingerprint density at radius 3 is 2.59 bits per heavy atom. The van der Waals surface area contributed by atoms with Crippen LogP contribution in [0.5, 0.6) is 0 Å². The van der Waals surface area contributed by atoms with Crippen LogP contribution in [-0.4, -0.2) is 34.2 Å². The van der Waals surface area contributed by atoms with Crippen molar-refractivity contribution in [2.75, 3.05) is 13.1 Å². The number of nitriles is 1. The van der Waals surface area contributed by atoms with Crippen molar-refractivity contribution in [1.29, 1.82) is 5.26 Å². The number of rotatable bonds is 1. The van der Waals surface area contributed by atoms with Gasteiger partial charge in [0.15, 0.2) is 5.78 Å². The molecule has 1 aliphatic carbocycles. The maximum Gasteiger partial charge on any atom is 0.255 e. The molecule has 0 bridgehead atoms. The van der Waals surface area contributed by atoms with Crippen LogP contribution >= 0.6 is 0 Å². The first kappa shape index (κ1) is 14.6. The van der Waals surface area contributed by atoms with Crippen molar-refractivity contribution in [3.63, 3.8) is 0 Å². The van der Waals surface area contributed by atoms with Gasteiger partial charge < -0.3 is 9.47 Å². The molecule has 0 N–H and O–H groups in total. The number of nitrogens with zero attached hydrogens (tertiary/aromatic N) is 3. The summed E-state index contributed by atoms with van der Waals surface area (Å²) >= 11 is 0. The third-order valence-corrected chi connectivity index (χ3v) is 4.60. The topological polar surface area (TPSA) is 66.1 Å². The summed E-state index contributed by atoms with van der Waals surface area (Å²) in [5.74, 6) is -0.0821. The van der Waals surface area contributed by atoms with E-state index in [0.717, 1.165) is 0 Å². The van der Waals surface area contributed by atoms with Gasteiger partial charge in [0.2, 0.25) is 0 Å². The number of ketones is 1. The molecule has 1 fully saturated rings. The van der Waals surface area contributed by atoms with Crippen molar-refractivity contribution in [3.05, 3.63) is 35.7 Å². The minimum atomic E-state index is -0.540. The molecule has 1 aliphatic heterocycles. The summed E-state index contributed by atoms with van der Waals surface area (Å²) < 4.78 is 1.85. The van der Waals surface area contributed by atoms with Crippen molar-refractivity contribution in [3.8, 4) is 6.07 Å². The molecule has 0 radical (unpaired) electrons. The molecule has 2 heterocycles. The van der Waals surface area contributed by atoms with Gasteiger partial charge in [-0.3, -0.25) is 9.59 Å². The number of carbonyl (C=O) groups excluding carboxylic acids is 2. The first-order chi connectivity index (χ1) is 10.3. The maximum atomic E-state index is 12.4. The Bertz CT molecular complexity index is 727. The van der Waals surface area contributed by atoms with E-state index < -0.39 is 5.41 Å². The Morgan fingerprint density at radius 2 is 2.05 bits per heavy atom. The first-order valence-electron chi connectivity index (χ1n) is 7.35. The van der Waals surface area contributed by atoms with Crippen LogP contribution in [0.1, 0.15) is 30.6 Å². The Labute approximate surface area is 129 Å². The van der Waals surface area contributed by atoms with Gasteiger partial charge >= 0.3 is 0 Å². The molecule has 114 valence electrons. The smallest absolute Gasteiger partial charge is 0.255 e. The molecule has 2 aliphatic rings. The lowest BCUT2D eigenvalue weighted by molar-refractivity contribution is -0.127. The van der Waals surface area contributed by atoms with Gasteiger partial charge in [0.05, 0.1) is 11.1 Å². The summed E-state index contributed by atoms with van der Waals surface area (Å²) in [5, 5.41) is 9.18. The zero-order valence-electron chi connectivity index (χ0n) is 13.1. The number of aromatic nitrogens is 1. The molecule has 1 amide bonds. The highest BCUT2D eigenvalue weighted by Gasteiger charge is 2.52. The van der Waals surface area contributed by atoms with E-state index in [4.69, 9.17) is 0 Å². The summed E-state index contributed by atoms with van der Waals surface area (Å²) in [5.41, 5.74) is 0.144. The maximum absolute atomic E-state index is 12.4. The summed E-state index contributed by atoms with van der Waals surface area (Å²) in [6, 6.07) is 3.82. The van der Waals surface area contributed by atoms with Gasteiger partial charge in [-0.15, -0.1) is 0 Å². The molecule has 0 unspecified atom stereocenters. The summed E-state index contributed by atoms with van der Waals surface area (Å²) in [6.07, 6.45) is 6.12. The first-order valence-corrected chi connectivity index (χ1v) is 7.35. The summed E-state index contributed by atoms with van der Waals surface area (Å²) in [4.78, 5) is 26.4. The van der Waals surface area contributed by atoms with Crippen molar-refractivity contribution >= 4 is 11.7 Å². The third kappa shape index (κ3) is 2.16. The average Bonchev–Trinajstić information content (AvgIpc) is 2.85. The quantitative estimate of drug-likeness (QED) is 0.795. The second-order valence-electron chi connectivity index (χ2n) is 7.15. The largest absolute Gasteiger partial charge is 0.356 e. The van der Waals surface area contributed by atoms with Gasteiger partial charge in [-0.1, -0.05) is 19.9 Å². The molecule has 0 aromatic carbocycles. The lowest BCUT2D eigenvalue weighted by Crippen LogP contribution is -2.60. The second-order valence-corrected chi connectivity index (χ2v) is 7.15. The van der Waals surface area contributed by atoms with E-state index >= 15 is 0 Å². The number of hydrogen-bond donors (Lipinski definition) is 0. The molecule has 1 aromatic rings. The molecule has 5 heteroatoms. The van der Waals surface area contributed by atoms with E-state index in [1.165, 1.54) is 0 Å². The minimum absolute atomic E-state index is 0.00726. The van der Waals surface area contributed by atoms with Crippen LogP contribution in [0.25, 0.3) is 0 Å². The zero-order valence-corrected chi connectivity index (χ0v) is 13.1. The molecule has 22 heavy (non-hydrogen) atoms. The van der Waals surface area contributed by atoms with Crippen LogP contribution in [0.3, 0.4) is 0 Å². The number of Topliss-reactive ketones (excluding diaryl/α,β-unsaturated/α-hetero) is 1. The fourth-order valence-electron chi connectivity index (χ4n) is 3.70. The van der Waals surface area contributed by atoms with Gasteiger partial charge in [0.25, 0.3) is 5.91 Å². The van der Waals surface area contributed by atoms with Crippen molar-refractivity contribution in [1.82, 2.24) is 9.47 Å². The van der Waals surface area contributed by atoms with Crippen LogP contribution in [-0.2, 0) is 11.8 Å². The lowest BCUT2D eigenvalue weighted by atomic mass is 9.61. The Morgan fingerprint density at radius 1 is 1.36 bits per heavy atom. The number of amides is 1. The number of hydrogen-bond acceptors (Lipinski definition) is 3. The summed E-state index contributed by atoms with van der Waals surface area (Å²) in [7, 11) is 1.88. The highest BCUT2D eigenvalue weighted by Crippen LogP contribution is 2.48. The van der Waals surface area contributed by atoms with Crippen molar-refractivity contribution < 1.29 is 9.59 Å². The van der Waals surface area contributed by atoms with Crippen LogP contribution in [0, 0.1) is 22.2 Å². The molecule has 0 atom stereocenters. The molecular formula is C17H19N3O2. The second kappa shape index (κ2) is 4.57. The van der Waals surface area contributed by atoms with E-state index in [2.05, 4.69) is 0 Å². The van der Waals surface area contributed by atoms with Crippen LogP contribution < -0.4 is 0 Å². The number of carbonyl (C=O) groups is 2.